The molecule has 1 aromatic carbocycles. The van der Waals surface area contributed by atoms with Crippen molar-refractivity contribution < 1.29 is 17.6 Å². The van der Waals surface area contributed by atoms with E-state index in [0.717, 1.165) is 38.1 Å². The van der Waals surface area contributed by atoms with E-state index in [1.807, 2.05) is 0 Å². The molecule has 1 aliphatic heterocycles. The first-order valence-electron chi connectivity index (χ1n) is 7.65. The van der Waals surface area contributed by atoms with Gasteiger partial charge in [0.05, 0.1) is 6.04 Å². The third kappa shape index (κ3) is 4.98. The van der Waals surface area contributed by atoms with Gasteiger partial charge < -0.3 is 10.6 Å². The molecule has 1 fully saturated rings. The molecule has 1 aromatic rings. The van der Waals surface area contributed by atoms with Crippen LogP contribution in [0.1, 0.15) is 19.8 Å². The van der Waals surface area contributed by atoms with Gasteiger partial charge in [-0.05, 0) is 50.9 Å². The van der Waals surface area contributed by atoms with Gasteiger partial charge in [0.25, 0.3) is 0 Å². The minimum Gasteiger partial charge on any atom is -0.354 e. The molecule has 6 nitrogen and oxygen atoms in total. The summed E-state index contributed by atoms with van der Waals surface area (Å²) in [7, 11) is -4.08. The van der Waals surface area contributed by atoms with Crippen LogP contribution in [0.25, 0.3) is 0 Å². The third-order valence-corrected chi connectivity index (χ3v) is 5.39. The first-order chi connectivity index (χ1) is 10.9. The summed E-state index contributed by atoms with van der Waals surface area (Å²) >= 11 is 0. The number of carbonyl (C=O) groups excluding carboxylic acids is 1. The summed E-state index contributed by atoms with van der Waals surface area (Å²) in [4.78, 5) is 11.6. The van der Waals surface area contributed by atoms with E-state index in [0.29, 0.717) is 12.5 Å². The van der Waals surface area contributed by atoms with Crippen LogP contribution in [0.3, 0.4) is 0 Å². The number of halogens is 1. The van der Waals surface area contributed by atoms with Crippen molar-refractivity contribution in [2.75, 3.05) is 19.6 Å². The van der Waals surface area contributed by atoms with Crippen molar-refractivity contribution in [3.8, 4) is 0 Å². The molecule has 0 bridgehead atoms. The predicted molar refractivity (Wildman–Crippen MR) is 84.8 cm³/mol. The molecule has 1 amide bonds. The van der Waals surface area contributed by atoms with Gasteiger partial charge in [-0.3, -0.25) is 4.79 Å². The number of hydrogen-bond donors (Lipinski definition) is 3. The average molecular weight is 343 g/mol. The fraction of sp³-hybridized carbons (Fsp3) is 0.533. The van der Waals surface area contributed by atoms with Crippen molar-refractivity contribution in [3.05, 3.63) is 30.1 Å². The van der Waals surface area contributed by atoms with E-state index in [2.05, 4.69) is 15.4 Å². The highest BCUT2D eigenvalue weighted by Gasteiger charge is 2.25. The Kier molecular flexibility index (Phi) is 6.09. The normalized spacial score (nSPS) is 20.0. The van der Waals surface area contributed by atoms with E-state index in [1.165, 1.54) is 19.1 Å². The number of benzene rings is 1. The van der Waals surface area contributed by atoms with Crippen LogP contribution in [0, 0.1) is 11.7 Å². The van der Waals surface area contributed by atoms with Crippen LogP contribution < -0.4 is 15.4 Å². The monoisotopic (exact) mass is 343 g/mol. The molecule has 0 radical (unpaired) electrons. The maximum atomic E-state index is 13.6. The summed E-state index contributed by atoms with van der Waals surface area (Å²) in [5.41, 5.74) is 0. The molecule has 0 aromatic heterocycles. The number of sulfonamides is 1. The second-order valence-corrected chi connectivity index (χ2v) is 7.41. The summed E-state index contributed by atoms with van der Waals surface area (Å²) in [5, 5.41) is 5.99. The molecule has 1 heterocycles. The lowest BCUT2D eigenvalue weighted by molar-refractivity contribution is -0.122. The average Bonchev–Trinajstić information content (AvgIpc) is 2.53. The molecule has 23 heavy (non-hydrogen) atoms. The molecule has 0 aliphatic carbocycles. The van der Waals surface area contributed by atoms with Crippen LogP contribution >= 0.6 is 0 Å². The lowest BCUT2D eigenvalue weighted by Gasteiger charge is -2.23. The Bertz CT molecular complexity index is 645. The highest BCUT2D eigenvalue weighted by Crippen LogP contribution is 2.13. The quantitative estimate of drug-likeness (QED) is 0.706. The van der Waals surface area contributed by atoms with Gasteiger partial charge in [0, 0.05) is 6.54 Å². The second-order valence-electron chi connectivity index (χ2n) is 5.73. The Morgan fingerprint density at radius 2 is 2.17 bits per heavy atom. The van der Waals surface area contributed by atoms with Crippen LogP contribution in [0.4, 0.5) is 4.39 Å². The SMILES string of the molecule is CC(NS(=O)(=O)c1ccccc1F)C(=O)NCC1CCCNC1. The molecule has 2 unspecified atom stereocenters. The minimum atomic E-state index is -4.08. The minimum absolute atomic E-state index is 0.350. The molecule has 2 rings (SSSR count). The fourth-order valence-corrected chi connectivity index (χ4v) is 3.79. The molecule has 0 saturated carbocycles. The van der Waals surface area contributed by atoms with E-state index in [4.69, 9.17) is 0 Å². The van der Waals surface area contributed by atoms with Gasteiger partial charge in [-0.15, -0.1) is 0 Å². The van der Waals surface area contributed by atoms with Gasteiger partial charge in [0.15, 0.2) is 0 Å². The summed E-state index contributed by atoms with van der Waals surface area (Å²) in [6.45, 7) is 3.77. The van der Waals surface area contributed by atoms with Crippen LogP contribution in [0.2, 0.25) is 0 Å². The molecule has 3 N–H and O–H groups in total. The summed E-state index contributed by atoms with van der Waals surface area (Å²) < 4.78 is 40.1. The maximum absolute atomic E-state index is 13.6. The largest absolute Gasteiger partial charge is 0.354 e. The lowest BCUT2D eigenvalue weighted by Crippen LogP contribution is -2.47. The Hall–Kier alpha value is -1.51. The molecular formula is C15H22FN3O3S. The van der Waals surface area contributed by atoms with Crippen LogP contribution in [0.15, 0.2) is 29.2 Å². The summed E-state index contributed by atoms with van der Waals surface area (Å²) in [6, 6.07) is 4.09. The number of carbonyl (C=O) groups is 1. The number of piperidine rings is 1. The first kappa shape index (κ1) is 17.8. The topological polar surface area (TPSA) is 87.3 Å². The Labute approximate surface area is 135 Å². The molecule has 0 spiro atoms. The van der Waals surface area contributed by atoms with Gasteiger partial charge >= 0.3 is 0 Å². The zero-order valence-electron chi connectivity index (χ0n) is 13.0. The van der Waals surface area contributed by atoms with E-state index >= 15 is 0 Å². The maximum Gasteiger partial charge on any atom is 0.244 e. The fourth-order valence-electron chi connectivity index (χ4n) is 2.51. The van der Waals surface area contributed by atoms with E-state index in [-0.39, 0.29) is 0 Å². The summed E-state index contributed by atoms with van der Waals surface area (Å²) in [6.07, 6.45) is 2.10. The highest BCUT2D eigenvalue weighted by molar-refractivity contribution is 7.89. The van der Waals surface area contributed by atoms with Gasteiger partial charge in [0.1, 0.15) is 10.7 Å². The first-order valence-corrected chi connectivity index (χ1v) is 9.14. The number of rotatable bonds is 6. The van der Waals surface area contributed by atoms with Gasteiger partial charge in [0.2, 0.25) is 15.9 Å². The Morgan fingerprint density at radius 1 is 1.43 bits per heavy atom. The number of nitrogens with one attached hydrogen (secondary N) is 3. The van der Waals surface area contributed by atoms with E-state index in [9.17, 15) is 17.6 Å². The van der Waals surface area contributed by atoms with Crippen molar-refractivity contribution in [3.63, 3.8) is 0 Å². The molecule has 1 saturated heterocycles. The molecule has 8 heteroatoms. The van der Waals surface area contributed by atoms with Crippen LogP contribution in [-0.4, -0.2) is 40.0 Å². The van der Waals surface area contributed by atoms with Crippen molar-refractivity contribution >= 4 is 15.9 Å². The van der Waals surface area contributed by atoms with Crippen molar-refractivity contribution in [1.29, 1.82) is 0 Å². The lowest BCUT2D eigenvalue weighted by atomic mass is 10.00. The van der Waals surface area contributed by atoms with Gasteiger partial charge in [-0.25, -0.2) is 12.8 Å². The smallest absolute Gasteiger partial charge is 0.244 e. The second kappa shape index (κ2) is 7.85. The van der Waals surface area contributed by atoms with Crippen molar-refractivity contribution in [2.45, 2.75) is 30.7 Å². The van der Waals surface area contributed by atoms with E-state index < -0.39 is 32.7 Å². The Morgan fingerprint density at radius 3 is 2.83 bits per heavy atom. The van der Waals surface area contributed by atoms with Gasteiger partial charge in [-0.2, -0.15) is 4.72 Å². The molecule has 2 atom stereocenters. The third-order valence-electron chi connectivity index (χ3n) is 3.82. The number of amides is 1. The highest BCUT2D eigenvalue weighted by atomic mass is 32.2. The van der Waals surface area contributed by atoms with E-state index in [1.54, 1.807) is 0 Å². The van der Waals surface area contributed by atoms with Crippen LogP contribution in [-0.2, 0) is 14.8 Å². The molecule has 1 aliphatic rings. The van der Waals surface area contributed by atoms with Crippen LogP contribution in [0.5, 0.6) is 0 Å². The number of hydrogen-bond acceptors (Lipinski definition) is 4. The molecular weight excluding hydrogens is 321 g/mol. The molecule has 128 valence electrons. The standard InChI is InChI=1S/C15H22FN3O3S/c1-11(15(20)18-10-12-5-4-8-17-9-12)19-23(21,22)14-7-3-2-6-13(14)16/h2-3,6-7,11-12,17,19H,4-5,8-10H2,1H3,(H,18,20). The Balaban J connectivity index is 1.91. The summed E-state index contributed by atoms with van der Waals surface area (Å²) in [5.74, 6) is -0.917. The van der Waals surface area contributed by atoms with Crippen molar-refractivity contribution in [1.82, 2.24) is 15.4 Å². The van der Waals surface area contributed by atoms with Gasteiger partial charge in [-0.1, -0.05) is 12.1 Å². The van der Waals surface area contributed by atoms with Crippen molar-refractivity contribution in [2.24, 2.45) is 5.92 Å². The predicted octanol–water partition coefficient (Wildman–Crippen LogP) is 0.608. The zero-order valence-corrected chi connectivity index (χ0v) is 13.8. The zero-order chi connectivity index (χ0) is 16.9.